The number of hydrogen-bond acceptors (Lipinski definition) is 4. The summed E-state index contributed by atoms with van der Waals surface area (Å²) in [5, 5.41) is 0. The molecule has 0 aliphatic rings. The van der Waals surface area contributed by atoms with Crippen molar-refractivity contribution in [3.05, 3.63) is 0 Å². The van der Waals surface area contributed by atoms with Crippen molar-refractivity contribution in [2.45, 2.75) is 19.9 Å². The average molecular weight is 205 g/mol. The quantitative estimate of drug-likeness (QED) is 0.561. The first-order valence-electron chi connectivity index (χ1n) is 5.06. The van der Waals surface area contributed by atoms with Crippen molar-refractivity contribution in [1.82, 2.24) is 0 Å². The summed E-state index contributed by atoms with van der Waals surface area (Å²) < 4.78 is 15.6. The van der Waals surface area contributed by atoms with Crippen molar-refractivity contribution in [3.63, 3.8) is 0 Å². The highest BCUT2D eigenvalue weighted by atomic mass is 16.5. The molecule has 0 radical (unpaired) electrons. The van der Waals surface area contributed by atoms with Gasteiger partial charge in [0.15, 0.2) is 0 Å². The Balaban J connectivity index is 3.15. The zero-order valence-electron chi connectivity index (χ0n) is 9.49. The van der Waals surface area contributed by atoms with Crippen molar-refractivity contribution in [2.24, 2.45) is 11.7 Å². The molecule has 4 nitrogen and oxygen atoms in total. The van der Waals surface area contributed by atoms with E-state index in [9.17, 15) is 0 Å². The maximum Gasteiger partial charge on any atom is 0.0700 e. The molecule has 0 rings (SSSR count). The van der Waals surface area contributed by atoms with Gasteiger partial charge in [0.1, 0.15) is 0 Å². The predicted octanol–water partition coefficient (Wildman–Crippen LogP) is 0.649. The average Bonchev–Trinajstić information content (AvgIpc) is 2.12. The molecule has 0 spiro atoms. The lowest BCUT2D eigenvalue weighted by molar-refractivity contribution is 0.0228. The molecular formula is C10H23NO3. The monoisotopic (exact) mass is 205 g/mol. The van der Waals surface area contributed by atoms with Crippen molar-refractivity contribution < 1.29 is 14.2 Å². The summed E-state index contributed by atoms with van der Waals surface area (Å²) in [6.45, 7) is 7.34. The van der Waals surface area contributed by atoms with Crippen molar-refractivity contribution in [3.8, 4) is 0 Å². The predicted molar refractivity (Wildman–Crippen MR) is 56.3 cm³/mol. The Morgan fingerprint density at radius 3 is 2.21 bits per heavy atom. The Labute approximate surface area is 86.7 Å². The molecule has 86 valence electrons. The van der Waals surface area contributed by atoms with E-state index in [1.54, 1.807) is 7.11 Å². The van der Waals surface area contributed by atoms with E-state index in [0.29, 0.717) is 39.0 Å². The highest BCUT2D eigenvalue weighted by molar-refractivity contribution is 4.52. The molecule has 0 aromatic rings. The lowest BCUT2D eigenvalue weighted by Crippen LogP contribution is -2.24. The number of nitrogens with two attached hydrogens (primary N) is 1. The SMILES string of the molecule is COCCOC[C@@H](C)COC[C@H](C)N. The number of rotatable bonds is 9. The van der Waals surface area contributed by atoms with Crippen molar-refractivity contribution in [1.29, 1.82) is 0 Å². The fourth-order valence-electron chi connectivity index (χ4n) is 0.930. The number of methoxy groups -OCH3 is 1. The zero-order valence-corrected chi connectivity index (χ0v) is 9.49. The minimum atomic E-state index is 0.108. The highest BCUT2D eigenvalue weighted by Crippen LogP contribution is 1.97. The molecule has 0 aromatic heterocycles. The molecule has 0 aliphatic carbocycles. The van der Waals surface area contributed by atoms with E-state index in [2.05, 4.69) is 6.92 Å². The van der Waals surface area contributed by atoms with Crippen LogP contribution in [0.4, 0.5) is 0 Å². The normalized spacial score (nSPS) is 15.4. The third-order valence-electron chi connectivity index (χ3n) is 1.62. The molecule has 2 N–H and O–H groups in total. The van der Waals surface area contributed by atoms with Crippen molar-refractivity contribution >= 4 is 0 Å². The summed E-state index contributed by atoms with van der Waals surface area (Å²) in [6.07, 6.45) is 0. The van der Waals surface area contributed by atoms with Crippen LogP contribution in [0.25, 0.3) is 0 Å². The van der Waals surface area contributed by atoms with E-state index in [1.165, 1.54) is 0 Å². The zero-order chi connectivity index (χ0) is 10.8. The first-order valence-corrected chi connectivity index (χ1v) is 5.06. The fourth-order valence-corrected chi connectivity index (χ4v) is 0.930. The van der Waals surface area contributed by atoms with E-state index in [1.807, 2.05) is 6.92 Å². The Bertz CT molecular complexity index is 120. The van der Waals surface area contributed by atoms with Crippen LogP contribution in [0.15, 0.2) is 0 Å². The van der Waals surface area contributed by atoms with Gasteiger partial charge >= 0.3 is 0 Å². The third-order valence-corrected chi connectivity index (χ3v) is 1.62. The molecule has 0 heterocycles. The van der Waals surface area contributed by atoms with Gasteiger partial charge < -0.3 is 19.9 Å². The first-order chi connectivity index (χ1) is 6.66. The van der Waals surface area contributed by atoms with Crippen molar-refractivity contribution in [2.75, 3.05) is 40.1 Å². The van der Waals surface area contributed by atoms with Gasteiger partial charge in [0, 0.05) is 19.1 Å². The first kappa shape index (κ1) is 13.8. The van der Waals surface area contributed by atoms with Crippen LogP contribution in [0.1, 0.15) is 13.8 Å². The van der Waals surface area contributed by atoms with E-state index >= 15 is 0 Å². The fraction of sp³-hybridized carbons (Fsp3) is 1.00. The second-order valence-electron chi connectivity index (χ2n) is 3.69. The summed E-state index contributed by atoms with van der Waals surface area (Å²) in [7, 11) is 1.67. The molecule has 0 unspecified atom stereocenters. The lowest BCUT2D eigenvalue weighted by Gasteiger charge is -2.13. The van der Waals surface area contributed by atoms with Crippen LogP contribution in [0.5, 0.6) is 0 Å². The summed E-state index contributed by atoms with van der Waals surface area (Å²) >= 11 is 0. The van der Waals surface area contributed by atoms with Gasteiger partial charge in [-0.2, -0.15) is 0 Å². The second kappa shape index (κ2) is 9.40. The maximum atomic E-state index is 5.55. The van der Waals surface area contributed by atoms with E-state index in [-0.39, 0.29) is 6.04 Å². The molecule has 14 heavy (non-hydrogen) atoms. The van der Waals surface area contributed by atoms with Gasteiger partial charge in [0.25, 0.3) is 0 Å². The van der Waals surface area contributed by atoms with Crippen LogP contribution in [0.3, 0.4) is 0 Å². The molecule has 0 bridgehead atoms. The van der Waals surface area contributed by atoms with Crippen LogP contribution in [-0.4, -0.2) is 46.2 Å². The van der Waals surface area contributed by atoms with E-state index in [4.69, 9.17) is 19.9 Å². The molecule has 0 aliphatic heterocycles. The number of ether oxygens (including phenoxy) is 3. The topological polar surface area (TPSA) is 53.7 Å². The summed E-state index contributed by atoms with van der Waals surface area (Å²) in [5.41, 5.74) is 5.55. The van der Waals surface area contributed by atoms with Gasteiger partial charge in [-0.1, -0.05) is 6.92 Å². The largest absolute Gasteiger partial charge is 0.382 e. The van der Waals surface area contributed by atoms with E-state index < -0.39 is 0 Å². The van der Waals surface area contributed by atoms with Gasteiger partial charge in [-0.15, -0.1) is 0 Å². The summed E-state index contributed by atoms with van der Waals surface area (Å²) in [5.74, 6) is 0.408. The lowest BCUT2D eigenvalue weighted by atomic mass is 10.2. The Morgan fingerprint density at radius 1 is 1.00 bits per heavy atom. The smallest absolute Gasteiger partial charge is 0.0700 e. The summed E-state index contributed by atoms with van der Waals surface area (Å²) in [6, 6.07) is 0.108. The van der Waals surface area contributed by atoms with Gasteiger partial charge in [-0.25, -0.2) is 0 Å². The van der Waals surface area contributed by atoms with Gasteiger partial charge in [0.05, 0.1) is 33.0 Å². The summed E-state index contributed by atoms with van der Waals surface area (Å²) in [4.78, 5) is 0. The van der Waals surface area contributed by atoms with Gasteiger partial charge in [-0.05, 0) is 6.92 Å². The minimum Gasteiger partial charge on any atom is -0.382 e. The molecule has 2 atom stereocenters. The highest BCUT2D eigenvalue weighted by Gasteiger charge is 2.03. The van der Waals surface area contributed by atoms with Gasteiger partial charge in [-0.3, -0.25) is 0 Å². The van der Waals surface area contributed by atoms with Crippen LogP contribution in [-0.2, 0) is 14.2 Å². The van der Waals surface area contributed by atoms with Crippen LogP contribution >= 0.6 is 0 Å². The number of hydrogen-bond donors (Lipinski definition) is 1. The Morgan fingerprint density at radius 2 is 1.64 bits per heavy atom. The van der Waals surface area contributed by atoms with E-state index in [0.717, 1.165) is 0 Å². The Kier molecular flexibility index (Phi) is 9.29. The molecule has 0 saturated heterocycles. The van der Waals surface area contributed by atoms with Crippen LogP contribution in [0, 0.1) is 5.92 Å². The molecule has 0 fully saturated rings. The van der Waals surface area contributed by atoms with Crippen LogP contribution in [0.2, 0.25) is 0 Å². The molecule has 4 heteroatoms. The standard InChI is InChI=1S/C10H23NO3/c1-9(6-13-5-4-12-3)7-14-8-10(2)11/h9-10H,4-8,11H2,1-3H3/t9-,10+/m1/s1. The molecule has 0 aromatic carbocycles. The van der Waals surface area contributed by atoms with Gasteiger partial charge in [0.2, 0.25) is 0 Å². The minimum absolute atomic E-state index is 0.108. The molecular weight excluding hydrogens is 182 g/mol. The van der Waals surface area contributed by atoms with Crippen LogP contribution < -0.4 is 5.73 Å². The molecule has 0 amide bonds. The molecule has 0 saturated carbocycles. The second-order valence-corrected chi connectivity index (χ2v) is 3.69. The third kappa shape index (κ3) is 9.92. The Hall–Kier alpha value is -0.160. The maximum absolute atomic E-state index is 5.55.